The maximum absolute atomic E-state index is 12.5. The Labute approximate surface area is 117 Å². The maximum atomic E-state index is 12.5. The summed E-state index contributed by atoms with van der Waals surface area (Å²) in [4.78, 5) is 17.1. The van der Waals surface area contributed by atoms with E-state index in [0.717, 1.165) is 28.1 Å². The number of rotatable bonds is 2. The molecule has 0 aliphatic carbocycles. The number of aryl methyl sites for hydroxylation is 2. The molecule has 0 radical (unpaired) electrons. The highest BCUT2D eigenvalue weighted by atomic mass is 16.1. The number of aromatic amines is 1. The Hall–Kier alpha value is -2.36. The lowest BCUT2D eigenvalue weighted by Gasteiger charge is -2.02. The van der Waals surface area contributed by atoms with Gasteiger partial charge in [0.2, 0.25) is 0 Å². The van der Waals surface area contributed by atoms with Crippen molar-refractivity contribution in [3.8, 4) is 11.3 Å². The first-order chi connectivity index (χ1) is 9.63. The van der Waals surface area contributed by atoms with E-state index in [1.807, 2.05) is 51.1 Å². The van der Waals surface area contributed by atoms with Gasteiger partial charge in [0.15, 0.2) is 5.65 Å². The van der Waals surface area contributed by atoms with Crippen LogP contribution < -0.4 is 5.56 Å². The first-order valence-corrected chi connectivity index (χ1v) is 6.79. The molecule has 1 N–H and O–H groups in total. The highest BCUT2D eigenvalue weighted by Crippen LogP contribution is 2.23. The monoisotopic (exact) mass is 267 g/mol. The molecule has 4 nitrogen and oxygen atoms in total. The van der Waals surface area contributed by atoms with Crippen LogP contribution in [0.3, 0.4) is 0 Å². The SMILES string of the molecule is CCc1c(C)nc2c(C)c(-c3ccccc3)[nH]n2c1=O. The normalized spacial score (nSPS) is 11.2. The highest BCUT2D eigenvalue weighted by Gasteiger charge is 2.15. The zero-order valence-electron chi connectivity index (χ0n) is 11.9. The average molecular weight is 267 g/mol. The molecule has 0 aliphatic heterocycles. The third-order valence-electron chi connectivity index (χ3n) is 3.73. The molecule has 0 saturated heterocycles. The van der Waals surface area contributed by atoms with E-state index in [4.69, 9.17) is 0 Å². The first kappa shape index (κ1) is 12.7. The van der Waals surface area contributed by atoms with Crippen LogP contribution in [-0.4, -0.2) is 14.6 Å². The molecule has 0 bridgehead atoms. The van der Waals surface area contributed by atoms with Crippen molar-refractivity contribution in [2.45, 2.75) is 27.2 Å². The van der Waals surface area contributed by atoms with Crippen molar-refractivity contribution in [1.29, 1.82) is 0 Å². The third-order valence-corrected chi connectivity index (χ3v) is 3.73. The Morgan fingerprint density at radius 3 is 2.55 bits per heavy atom. The molecular weight excluding hydrogens is 250 g/mol. The van der Waals surface area contributed by atoms with E-state index in [1.165, 1.54) is 0 Å². The van der Waals surface area contributed by atoms with Crippen LogP contribution in [-0.2, 0) is 6.42 Å². The number of nitrogens with one attached hydrogen (secondary N) is 1. The number of H-pyrrole nitrogens is 1. The second kappa shape index (κ2) is 4.63. The predicted octanol–water partition coefficient (Wildman–Crippen LogP) is 2.87. The van der Waals surface area contributed by atoms with E-state index in [2.05, 4.69) is 10.1 Å². The van der Waals surface area contributed by atoms with E-state index in [1.54, 1.807) is 4.52 Å². The molecule has 0 saturated carbocycles. The Balaban J connectivity index is 2.36. The van der Waals surface area contributed by atoms with Crippen LogP contribution in [0.5, 0.6) is 0 Å². The number of nitrogens with zero attached hydrogens (tertiary/aromatic N) is 2. The van der Waals surface area contributed by atoms with Crippen LogP contribution in [0.2, 0.25) is 0 Å². The fraction of sp³-hybridized carbons (Fsp3) is 0.250. The second-order valence-corrected chi connectivity index (χ2v) is 4.97. The van der Waals surface area contributed by atoms with Crippen LogP contribution >= 0.6 is 0 Å². The van der Waals surface area contributed by atoms with Crippen molar-refractivity contribution < 1.29 is 0 Å². The smallest absolute Gasteiger partial charge is 0.276 e. The van der Waals surface area contributed by atoms with E-state index < -0.39 is 0 Å². The van der Waals surface area contributed by atoms with Crippen molar-refractivity contribution in [3.63, 3.8) is 0 Å². The van der Waals surface area contributed by atoms with Crippen LogP contribution in [0.4, 0.5) is 0 Å². The number of hydrogen-bond acceptors (Lipinski definition) is 2. The van der Waals surface area contributed by atoms with E-state index >= 15 is 0 Å². The minimum Gasteiger partial charge on any atom is -0.289 e. The summed E-state index contributed by atoms with van der Waals surface area (Å²) in [5.74, 6) is 0. The summed E-state index contributed by atoms with van der Waals surface area (Å²) in [6.45, 7) is 5.87. The molecule has 0 unspecified atom stereocenters. The molecule has 3 rings (SSSR count). The van der Waals surface area contributed by atoms with Gasteiger partial charge in [-0.2, -0.15) is 0 Å². The quantitative estimate of drug-likeness (QED) is 0.776. The summed E-state index contributed by atoms with van der Waals surface area (Å²) in [7, 11) is 0. The standard InChI is InChI=1S/C16H17N3O/c1-4-13-11(3)17-15-10(2)14(18-19(15)16(13)20)12-8-6-5-7-9-12/h5-9,18H,4H2,1-3H3. The zero-order valence-corrected chi connectivity index (χ0v) is 11.9. The predicted molar refractivity (Wildman–Crippen MR) is 80.1 cm³/mol. The van der Waals surface area contributed by atoms with Crippen LogP contribution in [0.1, 0.15) is 23.7 Å². The van der Waals surface area contributed by atoms with Crippen molar-refractivity contribution in [2.24, 2.45) is 0 Å². The molecule has 0 atom stereocenters. The summed E-state index contributed by atoms with van der Waals surface area (Å²) in [5.41, 5.74) is 5.30. The molecule has 2 heterocycles. The Bertz CT molecular complexity index is 828. The Morgan fingerprint density at radius 2 is 1.90 bits per heavy atom. The lowest BCUT2D eigenvalue weighted by Crippen LogP contribution is -2.21. The first-order valence-electron chi connectivity index (χ1n) is 6.79. The van der Waals surface area contributed by atoms with Crippen molar-refractivity contribution in [2.75, 3.05) is 0 Å². The average Bonchev–Trinajstić information content (AvgIpc) is 2.78. The molecule has 0 aliphatic rings. The zero-order chi connectivity index (χ0) is 14.3. The van der Waals surface area contributed by atoms with Crippen molar-refractivity contribution in [3.05, 3.63) is 57.5 Å². The van der Waals surface area contributed by atoms with Gasteiger partial charge in [0.1, 0.15) is 0 Å². The molecule has 3 aromatic rings. The number of benzene rings is 1. The fourth-order valence-electron chi connectivity index (χ4n) is 2.62. The molecule has 102 valence electrons. The number of fused-ring (bicyclic) bond motifs is 1. The molecule has 0 amide bonds. The van der Waals surface area contributed by atoms with Crippen LogP contribution in [0.25, 0.3) is 16.9 Å². The number of hydrogen-bond donors (Lipinski definition) is 1. The van der Waals surface area contributed by atoms with Gasteiger partial charge in [0, 0.05) is 16.8 Å². The van der Waals surface area contributed by atoms with E-state index in [-0.39, 0.29) is 5.56 Å². The molecule has 4 heteroatoms. The van der Waals surface area contributed by atoms with Gasteiger partial charge in [0.25, 0.3) is 5.56 Å². The summed E-state index contributed by atoms with van der Waals surface area (Å²) in [5, 5.41) is 3.19. The van der Waals surface area contributed by atoms with Gasteiger partial charge in [-0.1, -0.05) is 37.3 Å². The molecule has 2 aromatic heterocycles. The number of aromatic nitrogens is 3. The topological polar surface area (TPSA) is 50.2 Å². The van der Waals surface area contributed by atoms with Crippen molar-refractivity contribution in [1.82, 2.24) is 14.6 Å². The highest BCUT2D eigenvalue weighted by molar-refractivity contribution is 5.70. The van der Waals surface area contributed by atoms with Gasteiger partial charge in [0.05, 0.1) is 5.69 Å². The summed E-state index contributed by atoms with van der Waals surface area (Å²) in [6, 6.07) is 10.00. The van der Waals surface area contributed by atoms with Gasteiger partial charge in [-0.15, -0.1) is 0 Å². The molecule has 0 fully saturated rings. The van der Waals surface area contributed by atoms with Gasteiger partial charge in [-0.05, 0) is 25.8 Å². The largest absolute Gasteiger partial charge is 0.289 e. The summed E-state index contributed by atoms with van der Waals surface area (Å²) in [6.07, 6.45) is 0.694. The van der Waals surface area contributed by atoms with Gasteiger partial charge in [-0.25, -0.2) is 9.50 Å². The maximum Gasteiger partial charge on any atom is 0.276 e. The summed E-state index contributed by atoms with van der Waals surface area (Å²) < 4.78 is 1.56. The second-order valence-electron chi connectivity index (χ2n) is 4.97. The molecular formula is C16H17N3O. The van der Waals surface area contributed by atoms with E-state index in [9.17, 15) is 4.79 Å². The molecule has 20 heavy (non-hydrogen) atoms. The van der Waals surface area contributed by atoms with Crippen molar-refractivity contribution >= 4 is 5.65 Å². The Morgan fingerprint density at radius 1 is 1.20 bits per heavy atom. The van der Waals surface area contributed by atoms with E-state index in [0.29, 0.717) is 12.1 Å². The third kappa shape index (κ3) is 1.76. The van der Waals surface area contributed by atoms with Gasteiger partial charge in [-0.3, -0.25) is 9.89 Å². The lowest BCUT2D eigenvalue weighted by molar-refractivity contribution is 0.855. The lowest BCUT2D eigenvalue weighted by atomic mass is 10.1. The van der Waals surface area contributed by atoms with Gasteiger partial charge < -0.3 is 0 Å². The Kier molecular flexibility index (Phi) is 2.93. The summed E-state index contributed by atoms with van der Waals surface area (Å²) >= 11 is 0. The van der Waals surface area contributed by atoms with Crippen LogP contribution in [0, 0.1) is 13.8 Å². The molecule has 0 spiro atoms. The van der Waals surface area contributed by atoms with Gasteiger partial charge >= 0.3 is 0 Å². The minimum atomic E-state index is 0.000260. The molecule has 1 aromatic carbocycles. The minimum absolute atomic E-state index is 0.000260. The fourth-order valence-corrected chi connectivity index (χ4v) is 2.62. The van der Waals surface area contributed by atoms with Crippen LogP contribution in [0.15, 0.2) is 35.1 Å².